The standard InChI is InChI=1S/C14H20BrClN2O/c1-14(5-2-6-19-14)9-18-13(8-17)11-7-10(16)3-4-12(11)15/h3-4,7,13,18H,2,5-6,8-9,17H2,1H3. The number of benzene rings is 1. The molecule has 0 bridgehead atoms. The lowest BCUT2D eigenvalue weighted by Gasteiger charge is -2.27. The third kappa shape index (κ3) is 3.92. The summed E-state index contributed by atoms with van der Waals surface area (Å²) >= 11 is 9.61. The molecular weight excluding hydrogens is 328 g/mol. The van der Waals surface area contributed by atoms with E-state index in [1.807, 2.05) is 18.2 Å². The molecule has 2 rings (SSSR count). The van der Waals surface area contributed by atoms with Crippen LogP contribution in [0.1, 0.15) is 31.4 Å². The summed E-state index contributed by atoms with van der Waals surface area (Å²) in [4.78, 5) is 0. The van der Waals surface area contributed by atoms with Crippen molar-refractivity contribution >= 4 is 27.5 Å². The van der Waals surface area contributed by atoms with Crippen molar-refractivity contribution in [1.82, 2.24) is 5.32 Å². The Labute approximate surface area is 128 Å². The van der Waals surface area contributed by atoms with E-state index in [0.717, 1.165) is 41.1 Å². The topological polar surface area (TPSA) is 47.3 Å². The second-order valence-corrected chi connectivity index (χ2v) is 6.53. The minimum atomic E-state index is -0.0710. The molecule has 1 heterocycles. The van der Waals surface area contributed by atoms with Gasteiger partial charge in [-0.3, -0.25) is 0 Å². The fourth-order valence-corrected chi connectivity index (χ4v) is 3.12. The summed E-state index contributed by atoms with van der Waals surface area (Å²) in [5.74, 6) is 0. The molecule has 2 atom stereocenters. The summed E-state index contributed by atoms with van der Waals surface area (Å²) in [5.41, 5.74) is 6.91. The Balaban J connectivity index is 2.05. The highest BCUT2D eigenvalue weighted by molar-refractivity contribution is 9.10. The Morgan fingerprint density at radius 3 is 3.00 bits per heavy atom. The lowest BCUT2D eigenvalue weighted by molar-refractivity contribution is 0.0189. The lowest BCUT2D eigenvalue weighted by atomic mass is 10.0. The van der Waals surface area contributed by atoms with Crippen LogP contribution in [-0.2, 0) is 4.74 Å². The van der Waals surface area contributed by atoms with Gasteiger partial charge in [-0.25, -0.2) is 0 Å². The van der Waals surface area contributed by atoms with Crippen LogP contribution >= 0.6 is 27.5 Å². The van der Waals surface area contributed by atoms with E-state index in [2.05, 4.69) is 28.2 Å². The average molecular weight is 348 g/mol. The highest BCUT2D eigenvalue weighted by Gasteiger charge is 2.30. The summed E-state index contributed by atoms with van der Waals surface area (Å²) in [6.07, 6.45) is 2.22. The van der Waals surface area contributed by atoms with Crippen LogP contribution in [0.3, 0.4) is 0 Å². The molecule has 3 nitrogen and oxygen atoms in total. The number of hydrogen-bond acceptors (Lipinski definition) is 3. The molecule has 1 aliphatic heterocycles. The molecule has 2 unspecified atom stereocenters. The second-order valence-electron chi connectivity index (χ2n) is 5.24. The molecule has 1 aromatic carbocycles. The Morgan fingerprint density at radius 1 is 1.58 bits per heavy atom. The number of nitrogens with two attached hydrogens (primary N) is 1. The van der Waals surface area contributed by atoms with E-state index >= 15 is 0 Å². The van der Waals surface area contributed by atoms with Gasteiger partial charge in [-0.2, -0.15) is 0 Å². The van der Waals surface area contributed by atoms with Crippen LogP contribution in [0.2, 0.25) is 5.02 Å². The molecule has 5 heteroatoms. The molecule has 0 amide bonds. The Hall–Kier alpha value is -0.130. The van der Waals surface area contributed by atoms with Gasteiger partial charge in [0.25, 0.3) is 0 Å². The van der Waals surface area contributed by atoms with Gasteiger partial charge in [-0.05, 0) is 43.5 Å². The summed E-state index contributed by atoms with van der Waals surface area (Å²) in [6.45, 7) is 4.32. The molecule has 0 saturated carbocycles. The minimum absolute atomic E-state index is 0.0710. The third-order valence-electron chi connectivity index (χ3n) is 3.59. The molecule has 106 valence electrons. The maximum Gasteiger partial charge on any atom is 0.0779 e. The van der Waals surface area contributed by atoms with Crippen molar-refractivity contribution in [3.8, 4) is 0 Å². The highest BCUT2D eigenvalue weighted by Crippen LogP contribution is 2.28. The van der Waals surface area contributed by atoms with E-state index in [4.69, 9.17) is 22.1 Å². The Bertz CT molecular complexity index is 435. The molecule has 0 aromatic heterocycles. The predicted octanol–water partition coefficient (Wildman–Crippen LogP) is 3.26. The van der Waals surface area contributed by atoms with Gasteiger partial charge in [-0.1, -0.05) is 27.5 Å². The SMILES string of the molecule is CC1(CNC(CN)c2cc(Cl)ccc2Br)CCCO1. The maximum atomic E-state index is 6.06. The number of hydrogen-bond donors (Lipinski definition) is 2. The van der Waals surface area contributed by atoms with Crippen molar-refractivity contribution in [2.45, 2.75) is 31.4 Å². The van der Waals surface area contributed by atoms with Crippen LogP contribution in [0.15, 0.2) is 22.7 Å². The first-order valence-corrected chi connectivity index (χ1v) is 7.73. The van der Waals surface area contributed by atoms with Crippen molar-refractivity contribution in [1.29, 1.82) is 0 Å². The quantitative estimate of drug-likeness (QED) is 0.859. The lowest BCUT2D eigenvalue weighted by Crippen LogP contribution is -2.41. The Kier molecular flexibility index (Phi) is 5.26. The number of rotatable bonds is 5. The van der Waals surface area contributed by atoms with Crippen LogP contribution in [0, 0.1) is 0 Å². The highest BCUT2D eigenvalue weighted by atomic mass is 79.9. The molecule has 1 aliphatic rings. The van der Waals surface area contributed by atoms with E-state index < -0.39 is 0 Å². The van der Waals surface area contributed by atoms with E-state index in [0.29, 0.717) is 6.54 Å². The average Bonchev–Trinajstić information content (AvgIpc) is 2.81. The van der Waals surface area contributed by atoms with Crippen molar-refractivity contribution < 1.29 is 4.74 Å². The number of ether oxygens (including phenoxy) is 1. The van der Waals surface area contributed by atoms with Crippen LogP contribution in [0.5, 0.6) is 0 Å². The van der Waals surface area contributed by atoms with Gasteiger partial charge in [0.15, 0.2) is 0 Å². The summed E-state index contributed by atoms with van der Waals surface area (Å²) in [6, 6.07) is 5.85. The maximum absolute atomic E-state index is 6.06. The van der Waals surface area contributed by atoms with E-state index in [1.165, 1.54) is 0 Å². The molecular formula is C14H20BrClN2O. The zero-order chi connectivity index (χ0) is 13.9. The van der Waals surface area contributed by atoms with Crippen molar-refractivity contribution in [3.05, 3.63) is 33.3 Å². The van der Waals surface area contributed by atoms with Crippen molar-refractivity contribution in [3.63, 3.8) is 0 Å². The number of nitrogens with one attached hydrogen (secondary N) is 1. The molecule has 19 heavy (non-hydrogen) atoms. The Morgan fingerprint density at radius 2 is 2.37 bits per heavy atom. The summed E-state index contributed by atoms with van der Waals surface area (Å²) in [7, 11) is 0. The number of halogens is 2. The normalized spacial score (nSPS) is 24.6. The first-order valence-electron chi connectivity index (χ1n) is 6.56. The van der Waals surface area contributed by atoms with Gasteiger partial charge in [0.05, 0.1) is 5.60 Å². The van der Waals surface area contributed by atoms with Gasteiger partial charge in [0, 0.05) is 35.2 Å². The zero-order valence-electron chi connectivity index (χ0n) is 11.1. The predicted molar refractivity (Wildman–Crippen MR) is 82.5 cm³/mol. The van der Waals surface area contributed by atoms with Crippen LogP contribution in [0.4, 0.5) is 0 Å². The van der Waals surface area contributed by atoms with E-state index in [9.17, 15) is 0 Å². The van der Waals surface area contributed by atoms with Crippen LogP contribution in [-0.4, -0.2) is 25.3 Å². The van der Waals surface area contributed by atoms with E-state index in [-0.39, 0.29) is 11.6 Å². The van der Waals surface area contributed by atoms with Crippen molar-refractivity contribution in [2.24, 2.45) is 5.73 Å². The smallest absolute Gasteiger partial charge is 0.0779 e. The van der Waals surface area contributed by atoms with Gasteiger partial charge < -0.3 is 15.8 Å². The molecule has 1 fully saturated rings. The second kappa shape index (κ2) is 6.55. The van der Waals surface area contributed by atoms with E-state index in [1.54, 1.807) is 0 Å². The summed E-state index contributed by atoms with van der Waals surface area (Å²) in [5, 5.41) is 4.22. The van der Waals surface area contributed by atoms with Crippen molar-refractivity contribution in [2.75, 3.05) is 19.7 Å². The summed E-state index contributed by atoms with van der Waals surface area (Å²) < 4.78 is 6.81. The van der Waals surface area contributed by atoms with Crippen LogP contribution < -0.4 is 11.1 Å². The molecule has 0 spiro atoms. The molecule has 0 aliphatic carbocycles. The van der Waals surface area contributed by atoms with Gasteiger partial charge in [0.1, 0.15) is 0 Å². The molecule has 0 radical (unpaired) electrons. The first-order chi connectivity index (χ1) is 9.04. The molecule has 3 N–H and O–H groups in total. The van der Waals surface area contributed by atoms with Gasteiger partial charge in [0.2, 0.25) is 0 Å². The fraction of sp³-hybridized carbons (Fsp3) is 0.571. The fourth-order valence-electron chi connectivity index (χ4n) is 2.42. The monoisotopic (exact) mass is 346 g/mol. The first kappa shape index (κ1) is 15.3. The third-order valence-corrected chi connectivity index (χ3v) is 4.55. The van der Waals surface area contributed by atoms with Crippen LogP contribution in [0.25, 0.3) is 0 Å². The van der Waals surface area contributed by atoms with Gasteiger partial charge in [-0.15, -0.1) is 0 Å². The minimum Gasteiger partial charge on any atom is -0.374 e. The van der Waals surface area contributed by atoms with Gasteiger partial charge >= 0.3 is 0 Å². The molecule has 1 aromatic rings. The molecule has 1 saturated heterocycles. The zero-order valence-corrected chi connectivity index (χ0v) is 13.4. The largest absolute Gasteiger partial charge is 0.374 e.